The second kappa shape index (κ2) is 7.41. The smallest absolute Gasteiger partial charge is 0.178 e. The van der Waals surface area contributed by atoms with Crippen molar-refractivity contribution in [2.24, 2.45) is 0 Å². The third-order valence-electron chi connectivity index (χ3n) is 4.25. The largest absolute Gasteiger partial charge is 0.360 e. The van der Waals surface area contributed by atoms with Crippen LogP contribution >= 0.6 is 0 Å². The first-order valence-electron chi connectivity index (χ1n) is 8.00. The van der Waals surface area contributed by atoms with Crippen molar-refractivity contribution in [1.29, 1.82) is 0 Å². The Morgan fingerprint density at radius 2 is 2.05 bits per heavy atom. The molecule has 1 aromatic heterocycles. The van der Waals surface area contributed by atoms with E-state index in [1.165, 1.54) is 0 Å². The predicted octanol–water partition coefficient (Wildman–Crippen LogP) is 4.25. The average molecular weight is 286 g/mol. The molecule has 3 heteroatoms. The Kier molecular flexibility index (Phi) is 5.57. The number of unbranched alkanes of at least 4 members (excludes halogenated alkanes) is 1. The number of aromatic amines is 1. The summed E-state index contributed by atoms with van der Waals surface area (Å²) in [4.78, 5) is 18.2. The third kappa shape index (κ3) is 3.73. The highest BCUT2D eigenvalue weighted by atomic mass is 16.1. The van der Waals surface area contributed by atoms with Crippen molar-refractivity contribution in [3.63, 3.8) is 0 Å². The number of aromatic nitrogens is 1. The fourth-order valence-corrected chi connectivity index (χ4v) is 2.65. The van der Waals surface area contributed by atoms with Crippen LogP contribution in [0.2, 0.25) is 0 Å². The lowest BCUT2D eigenvalue weighted by molar-refractivity contribution is 0.0896. The summed E-state index contributed by atoms with van der Waals surface area (Å²) in [7, 11) is 0. The summed E-state index contributed by atoms with van der Waals surface area (Å²) in [5.41, 5.74) is 1.85. The number of H-pyrrole nitrogens is 1. The molecule has 21 heavy (non-hydrogen) atoms. The highest BCUT2D eigenvalue weighted by molar-refractivity contribution is 6.08. The molecule has 1 N–H and O–H groups in total. The molecule has 1 atom stereocenters. The first-order chi connectivity index (χ1) is 10.2. The van der Waals surface area contributed by atoms with Gasteiger partial charge in [-0.05, 0) is 32.4 Å². The molecule has 1 heterocycles. The Hall–Kier alpha value is -1.61. The number of rotatable bonds is 8. The number of hydrogen-bond donors (Lipinski definition) is 1. The molecule has 0 saturated carbocycles. The number of Topliss-reactive ketones (excluding diaryl/α,β-unsaturated/α-hetero) is 1. The lowest BCUT2D eigenvalue weighted by atomic mass is 10.1. The third-order valence-corrected chi connectivity index (χ3v) is 4.25. The monoisotopic (exact) mass is 286 g/mol. The first kappa shape index (κ1) is 15.8. The van der Waals surface area contributed by atoms with Gasteiger partial charge in [-0.2, -0.15) is 0 Å². The van der Waals surface area contributed by atoms with Crippen molar-refractivity contribution in [2.75, 3.05) is 13.1 Å². The molecule has 1 aromatic carbocycles. The van der Waals surface area contributed by atoms with E-state index in [-0.39, 0.29) is 5.78 Å². The summed E-state index contributed by atoms with van der Waals surface area (Å²) < 4.78 is 0. The Bertz CT molecular complexity index is 588. The zero-order valence-corrected chi connectivity index (χ0v) is 13.4. The highest BCUT2D eigenvalue weighted by Gasteiger charge is 2.18. The van der Waals surface area contributed by atoms with Gasteiger partial charge in [0.2, 0.25) is 0 Å². The van der Waals surface area contributed by atoms with E-state index in [1.54, 1.807) is 0 Å². The number of fused-ring (bicyclic) bond motifs is 1. The lowest BCUT2D eigenvalue weighted by Crippen LogP contribution is -2.37. The summed E-state index contributed by atoms with van der Waals surface area (Å²) in [5.74, 6) is 0.212. The molecule has 114 valence electrons. The summed E-state index contributed by atoms with van der Waals surface area (Å²) in [6.45, 7) is 8.09. The van der Waals surface area contributed by atoms with Crippen molar-refractivity contribution in [1.82, 2.24) is 9.88 Å². The number of ketones is 1. The fourth-order valence-electron chi connectivity index (χ4n) is 2.65. The zero-order chi connectivity index (χ0) is 15.2. The van der Waals surface area contributed by atoms with Gasteiger partial charge < -0.3 is 4.98 Å². The van der Waals surface area contributed by atoms with Crippen LogP contribution in [0.4, 0.5) is 0 Å². The topological polar surface area (TPSA) is 36.1 Å². The van der Waals surface area contributed by atoms with Gasteiger partial charge in [-0.15, -0.1) is 0 Å². The van der Waals surface area contributed by atoms with Crippen molar-refractivity contribution >= 4 is 16.7 Å². The predicted molar refractivity (Wildman–Crippen MR) is 88.9 cm³/mol. The second-order valence-electron chi connectivity index (χ2n) is 5.75. The molecule has 0 fully saturated rings. The number of hydrogen-bond acceptors (Lipinski definition) is 2. The Morgan fingerprint density at radius 3 is 2.76 bits per heavy atom. The minimum Gasteiger partial charge on any atom is -0.360 e. The summed E-state index contributed by atoms with van der Waals surface area (Å²) >= 11 is 0. The number of para-hydroxylation sites is 1. The van der Waals surface area contributed by atoms with Crippen molar-refractivity contribution < 1.29 is 4.79 Å². The number of carbonyl (C=O) groups is 1. The van der Waals surface area contributed by atoms with Crippen LogP contribution in [-0.4, -0.2) is 34.8 Å². The van der Waals surface area contributed by atoms with E-state index in [9.17, 15) is 4.79 Å². The van der Waals surface area contributed by atoms with E-state index in [2.05, 4.69) is 30.7 Å². The van der Waals surface area contributed by atoms with Gasteiger partial charge >= 0.3 is 0 Å². The zero-order valence-electron chi connectivity index (χ0n) is 13.4. The first-order valence-corrected chi connectivity index (χ1v) is 8.00. The van der Waals surface area contributed by atoms with Gasteiger partial charge in [0.15, 0.2) is 5.78 Å². The normalized spacial score (nSPS) is 13.0. The molecule has 2 rings (SSSR count). The van der Waals surface area contributed by atoms with Crippen LogP contribution in [-0.2, 0) is 0 Å². The van der Waals surface area contributed by atoms with Crippen molar-refractivity contribution in [2.45, 2.75) is 46.1 Å². The van der Waals surface area contributed by atoms with Gasteiger partial charge in [0.25, 0.3) is 0 Å². The number of nitrogens with zero attached hydrogens (tertiary/aromatic N) is 1. The maximum Gasteiger partial charge on any atom is 0.178 e. The Balaban J connectivity index is 2.14. The average Bonchev–Trinajstić information content (AvgIpc) is 2.94. The van der Waals surface area contributed by atoms with E-state index >= 15 is 0 Å². The summed E-state index contributed by atoms with van der Waals surface area (Å²) in [6, 6.07) is 8.44. The molecule has 0 spiro atoms. The number of carbonyl (C=O) groups excluding carboxylic acids is 1. The minimum absolute atomic E-state index is 0.212. The molecular weight excluding hydrogens is 260 g/mol. The van der Waals surface area contributed by atoms with E-state index < -0.39 is 0 Å². The molecule has 2 aromatic rings. The van der Waals surface area contributed by atoms with Crippen LogP contribution in [0, 0.1) is 0 Å². The van der Waals surface area contributed by atoms with Gasteiger partial charge in [0.1, 0.15) is 0 Å². The van der Waals surface area contributed by atoms with Crippen LogP contribution in [0.25, 0.3) is 10.9 Å². The van der Waals surface area contributed by atoms with Crippen molar-refractivity contribution in [3.8, 4) is 0 Å². The van der Waals surface area contributed by atoms with E-state index in [4.69, 9.17) is 0 Å². The molecule has 0 amide bonds. The lowest BCUT2D eigenvalue weighted by Gasteiger charge is -2.27. The molecule has 0 aliphatic carbocycles. The molecular formula is C18H26N2O. The molecule has 0 aliphatic rings. The summed E-state index contributed by atoms with van der Waals surface area (Å²) in [5, 5.41) is 1.03. The Labute approximate surface area is 127 Å². The van der Waals surface area contributed by atoms with E-state index in [0.717, 1.165) is 42.3 Å². The van der Waals surface area contributed by atoms with Crippen LogP contribution in [0.3, 0.4) is 0 Å². The Morgan fingerprint density at radius 1 is 1.29 bits per heavy atom. The summed E-state index contributed by atoms with van der Waals surface area (Å²) in [6.07, 6.45) is 5.23. The van der Waals surface area contributed by atoms with Gasteiger partial charge in [-0.1, -0.05) is 38.5 Å². The van der Waals surface area contributed by atoms with Gasteiger partial charge in [-0.3, -0.25) is 9.69 Å². The molecule has 3 nitrogen and oxygen atoms in total. The number of benzene rings is 1. The molecule has 0 aliphatic heterocycles. The maximum absolute atomic E-state index is 12.7. The van der Waals surface area contributed by atoms with Crippen LogP contribution in [0.15, 0.2) is 30.5 Å². The quantitative estimate of drug-likeness (QED) is 0.736. The SMILES string of the molecule is CCCCN(CC(=O)c1c[nH]c2ccccc12)C(C)CC. The fraction of sp³-hybridized carbons (Fsp3) is 0.500. The number of nitrogens with one attached hydrogen (secondary N) is 1. The standard InChI is InChI=1S/C18H26N2O/c1-4-6-11-20(14(3)5-2)13-18(21)16-12-19-17-10-8-7-9-15(16)17/h7-10,12,14,19H,4-6,11,13H2,1-3H3. The maximum atomic E-state index is 12.7. The van der Waals surface area contributed by atoms with Crippen molar-refractivity contribution in [3.05, 3.63) is 36.0 Å². The minimum atomic E-state index is 0.212. The molecule has 0 radical (unpaired) electrons. The molecule has 0 saturated heterocycles. The second-order valence-corrected chi connectivity index (χ2v) is 5.75. The van der Waals surface area contributed by atoms with Gasteiger partial charge in [0, 0.05) is 28.7 Å². The van der Waals surface area contributed by atoms with Crippen LogP contribution in [0.1, 0.15) is 50.4 Å². The highest BCUT2D eigenvalue weighted by Crippen LogP contribution is 2.19. The molecule has 0 bridgehead atoms. The molecule has 1 unspecified atom stereocenters. The van der Waals surface area contributed by atoms with Crippen LogP contribution < -0.4 is 0 Å². The van der Waals surface area contributed by atoms with Crippen LogP contribution in [0.5, 0.6) is 0 Å². The van der Waals surface area contributed by atoms with E-state index in [0.29, 0.717) is 12.6 Å². The van der Waals surface area contributed by atoms with Gasteiger partial charge in [-0.25, -0.2) is 0 Å². The van der Waals surface area contributed by atoms with E-state index in [1.807, 2.05) is 30.5 Å². The van der Waals surface area contributed by atoms with Gasteiger partial charge in [0.05, 0.1) is 6.54 Å².